The van der Waals surface area contributed by atoms with Gasteiger partial charge in [-0.2, -0.15) is 0 Å². The van der Waals surface area contributed by atoms with Crippen molar-refractivity contribution in [2.45, 2.75) is 83.7 Å². The van der Waals surface area contributed by atoms with Gasteiger partial charge in [0.1, 0.15) is 0 Å². The molecule has 2 aliphatic carbocycles. The number of nitrogens with zero attached hydrogens (tertiary/aromatic N) is 1. The lowest BCUT2D eigenvalue weighted by molar-refractivity contribution is 0.0137. The Bertz CT molecular complexity index is 319. The smallest absolute Gasteiger partial charge is 0.0309 e. The van der Waals surface area contributed by atoms with Crippen molar-refractivity contribution in [3.8, 4) is 0 Å². The lowest BCUT2D eigenvalue weighted by Gasteiger charge is -2.51. The van der Waals surface area contributed by atoms with Crippen molar-refractivity contribution in [2.75, 3.05) is 19.6 Å². The average Bonchev–Trinajstić information content (AvgIpc) is 3.00. The zero-order valence-electron chi connectivity index (χ0n) is 13.9. The van der Waals surface area contributed by atoms with Crippen molar-refractivity contribution in [2.24, 2.45) is 11.3 Å². The summed E-state index contributed by atoms with van der Waals surface area (Å²) in [4.78, 5) is 2.89. The van der Waals surface area contributed by atoms with E-state index in [1.54, 1.807) is 0 Å². The Hall–Kier alpha value is -0.0800. The quantitative estimate of drug-likeness (QED) is 0.826. The number of nitrogens with one attached hydrogen (secondary N) is 1. The van der Waals surface area contributed by atoms with E-state index in [1.807, 2.05) is 0 Å². The van der Waals surface area contributed by atoms with E-state index in [9.17, 15) is 0 Å². The molecule has 0 amide bonds. The maximum atomic E-state index is 3.96. The van der Waals surface area contributed by atoms with E-state index >= 15 is 0 Å². The van der Waals surface area contributed by atoms with Gasteiger partial charge in [0, 0.05) is 31.2 Å². The molecule has 2 nitrogen and oxygen atoms in total. The normalized spacial score (nSPS) is 32.2. The third kappa shape index (κ3) is 3.06. The van der Waals surface area contributed by atoms with E-state index < -0.39 is 0 Å². The first-order chi connectivity index (χ1) is 9.49. The van der Waals surface area contributed by atoms with Crippen LogP contribution >= 0.6 is 0 Å². The van der Waals surface area contributed by atoms with Crippen LogP contribution in [0.1, 0.15) is 72.1 Å². The molecule has 1 spiro atoms. The summed E-state index contributed by atoms with van der Waals surface area (Å²) in [5.74, 6) is 0.983. The Morgan fingerprint density at radius 1 is 1.05 bits per heavy atom. The van der Waals surface area contributed by atoms with Crippen LogP contribution in [0.15, 0.2) is 0 Å². The van der Waals surface area contributed by atoms with Crippen LogP contribution in [0.25, 0.3) is 0 Å². The average molecular weight is 278 g/mol. The van der Waals surface area contributed by atoms with Crippen LogP contribution < -0.4 is 5.32 Å². The minimum Gasteiger partial charge on any atom is -0.308 e. The van der Waals surface area contributed by atoms with Gasteiger partial charge in [0.15, 0.2) is 0 Å². The van der Waals surface area contributed by atoms with Gasteiger partial charge in [-0.1, -0.05) is 46.5 Å². The van der Waals surface area contributed by atoms with Gasteiger partial charge in [0.05, 0.1) is 0 Å². The minimum atomic E-state index is 0.395. The van der Waals surface area contributed by atoms with E-state index in [0.717, 1.165) is 5.92 Å². The Balaban J connectivity index is 1.71. The van der Waals surface area contributed by atoms with Gasteiger partial charge < -0.3 is 5.32 Å². The molecule has 1 N–H and O–H groups in total. The predicted molar refractivity (Wildman–Crippen MR) is 86.0 cm³/mol. The summed E-state index contributed by atoms with van der Waals surface area (Å²) in [5, 5.41) is 3.96. The van der Waals surface area contributed by atoms with E-state index in [-0.39, 0.29) is 0 Å². The molecule has 0 radical (unpaired) electrons. The number of rotatable bonds is 2. The van der Waals surface area contributed by atoms with Gasteiger partial charge in [-0.15, -0.1) is 0 Å². The number of hydrogen-bond donors (Lipinski definition) is 1. The molecule has 20 heavy (non-hydrogen) atoms. The Kier molecular flexibility index (Phi) is 4.16. The zero-order valence-corrected chi connectivity index (χ0v) is 13.9. The van der Waals surface area contributed by atoms with Gasteiger partial charge in [-0.3, -0.25) is 4.90 Å². The lowest BCUT2D eigenvalue weighted by atomic mass is 9.80. The van der Waals surface area contributed by atoms with Crippen LogP contribution in [0.5, 0.6) is 0 Å². The maximum Gasteiger partial charge on any atom is 0.0309 e. The van der Waals surface area contributed by atoms with E-state index in [2.05, 4.69) is 31.0 Å². The van der Waals surface area contributed by atoms with Crippen molar-refractivity contribution in [3.05, 3.63) is 0 Å². The van der Waals surface area contributed by atoms with Crippen LogP contribution in [-0.2, 0) is 0 Å². The first-order valence-corrected chi connectivity index (χ1v) is 8.98. The van der Waals surface area contributed by atoms with Crippen LogP contribution in [0.4, 0.5) is 0 Å². The summed E-state index contributed by atoms with van der Waals surface area (Å²) in [6, 6.07) is 0.717. The monoisotopic (exact) mass is 278 g/mol. The fourth-order valence-electron chi connectivity index (χ4n) is 4.95. The summed E-state index contributed by atoms with van der Waals surface area (Å²) in [6.45, 7) is 11.2. The van der Waals surface area contributed by atoms with Gasteiger partial charge in [-0.05, 0) is 37.0 Å². The van der Waals surface area contributed by atoms with Crippen molar-refractivity contribution < 1.29 is 0 Å². The molecule has 0 aromatic carbocycles. The van der Waals surface area contributed by atoms with Gasteiger partial charge in [-0.25, -0.2) is 0 Å². The van der Waals surface area contributed by atoms with Crippen LogP contribution in [-0.4, -0.2) is 36.1 Å². The molecule has 2 saturated carbocycles. The third-order valence-corrected chi connectivity index (χ3v) is 6.14. The van der Waals surface area contributed by atoms with Crippen LogP contribution in [0, 0.1) is 11.3 Å². The SMILES string of the molecule is CC(C)(C)C1CNC2(CCCC2)CN1CC1CCCC1. The summed E-state index contributed by atoms with van der Waals surface area (Å²) >= 11 is 0. The molecular weight excluding hydrogens is 244 g/mol. The standard InChI is InChI=1S/C18H34N2/c1-17(2,3)16-12-19-18(10-6-7-11-18)14-20(16)13-15-8-4-5-9-15/h15-16,19H,4-14H2,1-3H3. The molecule has 0 aromatic rings. The molecule has 1 atom stereocenters. The molecule has 2 heteroatoms. The zero-order chi connectivity index (χ0) is 14.2. The molecule has 1 saturated heterocycles. The molecule has 1 heterocycles. The molecular formula is C18H34N2. The number of hydrogen-bond acceptors (Lipinski definition) is 2. The highest BCUT2D eigenvalue weighted by atomic mass is 15.3. The fraction of sp³-hybridized carbons (Fsp3) is 1.00. The van der Waals surface area contributed by atoms with Gasteiger partial charge in [0.2, 0.25) is 0 Å². The third-order valence-electron chi connectivity index (χ3n) is 6.14. The molecule has 1 aliphatic heterocycles. The highest BCUT2D eigenvalue weighted by Gasteiger charge is 2.44. The molecule has 0 bridgehead atoms. The summed E-state index contributed by atoms with van der Waals surface area (Å²) in [5.41, 5.74) is 0.867. The summed E-state index contributed by atoms with van der Waals surface area (Å²) in [6.07, 6.45) is 11.6. The summed E-state index contributed by atoms with van der Waals surface area (Å²) in [7, 11) is 0. The predicted octanol–water partition coefficient (Wildman–Crippen LogP) is 3.81. The van der Waals surface area contributed by atoms with Gasteiger partial charge in [0.25, 0.3) is 0 Å². The van der Waals surface area contributed by atoms with Crippen molar-refractivity contribution in [3.63, 3.8) is 0 Å². The maximum absolute atomic E-state index is 3.96. The van der Waals surface area contributed by atoms with Crippen LogP contribution in [0.3, 0.4) is 0 Å². The fourth-order valence-corrected chi connectivity index (χ4v) is 4.95. The second-order valence-electron chi connectivity index (χ2n) is 8.83. The Morgan fingerprint density at radius 2 is 1.70 bits per heavy atom. The van der Waals surface area contributed by atoms with Gasteiger partial charge >= 0.3 is 0 Å². The van der Waals surface area contributed by atoms with E-state index in [0.29, 0.717) is 17.0 Å². The molecule has 3 aliphatic rings. The molecule has 116 valence electrons. The van der Waals surface area contributed by atoms with E-state index in [4.69, 9.17) is 0 Å². The van der Waals surface area contributed by atoms with Crippen molar-refractivity contribution >= 4 is 0 Å². The van der Waals surface area contributed by atoms with Crippen LogP contribution in [0.2, 0.25) is 0 Å². The van der Waals surface area contributed by atoms with Crippen molar-refractivity contribution in [1.82, 2.24) is 10.2 Å². The molecule has 3 rings (SSSR count). The Labute approximate surface area is 125 Å². The first-order valence-electron chi connectivity index (χ1n) is 8.98. The minimum absolute atomic E-state index is 0.395. The topological polar surface area (TPSA) is 15.3 Å². The van der Waals surface area contributed by atoms with Crippen molar-refractivity contribution in [1.29, 1.82) is 0 Å². The largest absolute Gasteiger partial charge is 0.308 e. The Morgan fingerprint density at radius 3 is 2.30 bits per heavy atom. The second-order valence-corrected chi connectivity index (χ2v) is 8.83. The molecule has 0 aromatic heterocycles. The highest BCUT2D eigenvalue weighted by molar-refractivity contribution is 5.03. The first kappa shape index (κ1) is 14.8. The molecule has 3 fully saturated rings. The highest BCUT2D eigenvalue weighted by Crippen LogP contribution is 2.38. The number of piperazine rings is 1. The van der Waals surface area contributed by atoms with E-state index in [1.165, 1.54) is 71.0 Å². The lowest BCUT2D eigenvalue weighted by Crippen LogP contribution is -2.66. The summed E-state index contributed by atoms with van der Waals surface area (Å²) < 4.78 is 0. The second kappa shape index (κ2) is 5.61. The molecule has 1 unspecified atom stereocenters.